The van der Waals surface area contributed by atoms with Gasteiger partial charge in [-0.15, -0.1) is 10.2 Å². The Bertz CT molecular complexity index is 353. The minimum absolute atomic E-state index is 0.379. The molecule has 6 nitrogen and oxygen atoms in total. The van der Waals surface area contributed by atoms with Gasteiger partial charge in [-0.25, -0.2) is 0 Å². The Morgan fingerprint density at radius 2 is 1.80 bits per heavy atom. The van der Waals surface area contributed by atoms with Gasteiger partial charge in [-0.3, -0.25) is 9.36 Å². The summed E-state index contributed by atoms with van der Waals surface area (Å²) in [5.41, 5.74) is 0. The minimum atomic E-state index is 0.379. The Balaban J connectivity index is 2.15. The molecule has 1 aromatic rings. The number of piperazine rings is 1. The summed E-state index contributed by atoms with van der Waals surface area (Å²) in [6.07, 6.45) is 0.729. The lowest BCUT2D eigenvalue weighted by molar-refractivity contribution is 0.111. The average molecular weight is 209 g/mol. The molecule has 1 aliphatic rings. The van der Waals surface area contributed by atoms with Crippen LogP contribution in [0.1, 0.15) is 10.6 Å². The van der Waals surface area contributed by atoms with Crippen LogP contribution in [0.3, 0.4) is 0 Å². The number of aldehydes is 1. The largest absolute Gasteiger partial charge is 0.338 e. The monoisotopic (exact) mass is 209 g/mol. The molecule has 1 aliphatic heterocycles. The Morgan fingerprint density at radius 1 is 1.13 bits per heavy atom. The van der Waals surface area contributed by atoms with Crippen molar-refractivity contribution < 1.29 is 4.79 Å². The number of nitrogens with zero attached hydrogens (tertiary/aromatic N) is 5. The smallest absolute Gasteiger partial charge is 0.227 e. The number of rotatable bonds is 2. The Labute approximate surface area is 88.5 Å². The number of likely N-dealkylation sites (N-methyl/N-ethyl adjacent to an activating group) is 1. The summed E-state index contributed by atoms with van der Waals surface area (Å²) in [6, 6.07) is 0. The van der Waals surface area contributed by atoms with Crippen LogP contribution in [0.2, 0.25) is 0 Å². The molecule has 82 valence electrons. The van der Waals surface area contributed by atoms with Gasteiger partial charge in [0.15, 0.2) is 12.1 Å². The molecule has 0 bridgehead atoms. The van der Waals surface area contributed by atoms with Crippen LogP contribution in [0.4, 0.5) is 5.95 Å². The number of hydrogen-bond donors (Lipinski definition) is 0. The van der Waals surface area contributed by atoms with Crippen LogP contribution < -0.4 is 4.90 Å². The lowest BCUT2D eigenvalue weighted by Crippen LogP contribution is -2.45. The summed E-state index contributed by atoms with van der Waals surface area (Å²) in [5, 5.41) is 7.84. The van der Waals surface area contributed by atoms with Gasteiger partial charge < -0.3 is 9.80 Å². The van der Waals surface area contributed by atoms with Gasteiger partial charge in [-0.1, -0.05) is 0 Å². The van der Waals surface area contributed by atoms with E-state index in [-0.39, 0.29) is 0 Å². The first-order valence-electron chi connectivity index (χ1n) is 5.00. The Kier molecular flexibility index (Phi) is 2.68. The van der Waals surface area contributed by atoms with Gasteiger partial charge in [0.2, 0.25) is 5.95 Å². The van der Waals surface area contributed by atoms with Crippen LogP contribution in [0, 0.1) is 0 Å². The average Bonchev–Trinajstić information content (AvgIpc) is 2.61. The van der Waals surface area contributed by atoms with Gasteiger partial charge in [0, 0.05) is 33.2 Å². The number of hydrogen-bond acceptors (Lipinski definition) is 5. The highest BCUT2D eigenvalue weighted by Crippen LogP contribution is 2.12. The molecule has 0 unspecified atom stereocenters. The number of anilines is 1. The van der Waals surface area contributed by atoms with E-state index in [4.69, 9.17) is 0 Å². The van der Waals surface area contributed by atoms with Crippen LogP contribution in [-0.2, 0) is 7.05 Å². The van der Waals surface area contributed by atoms with E-state index in [1.807, 2.05) is 7.05 Å². The lowest BCUT2D eigenvalue weighted by Gasteiger charge is -2.32. The first kappa shape index (κ1) is 10.1. The van der Waals surface area contributed by atoms with Crippen LogP contribution in [0.5, 0.6) is 0 Å². The van der Waals surface area contributed by atoms with Crippen molar-refractivity contribution in [2.24, 2.45) is 7.05 Å². The lowest BCUT2D eigenvalue weighted by atomic mass is 10.3. The van der Waals surface area contributed by atoms with Crippen molar-refractivity contribution in [2.45, 2.75) is 0 Å². The number of carbonyl (C=O) groups is 1. The van der Waals surface area contributed by atoms with Crippen molar-refractivity contribution in [3.05, 3.63) is 5.82 Å². The van der Waals surface area contributed by atoms with E-state index >= 15 is 0 Å². The van der Waals surface area contributed by atoms with E-state index in [1.54, 1.807) is 4.57 Å². The fourth-order valence-electron chi connectivity index (χ4n) is 1.72. The van der Waals surface area contributed by atoms with E-state index in [0.717, 1.165) is 38.4 Å². The van der Waals surface area contributed by atoms with Crippen LogP contribution in [0.25, 0.3) is 0 Å². The van der Waals surface area contributed by atoms with Gasteiger partial charge in [0.1, 0.15) is 0 Å². The normalized spacial score (nSPS) is 18.1. The standard InChI is InChI=1S/C9H15N5O/c1-12-3-5-14(6-4-12)9-11-10-8(7-15)13(9)2/h7H,3-6H2,1-2H3. The van der Waals surface area contributed by atoms with E-state index in [2.05, 4.69) is 27.0 Å². The highest BCUT2D eigenvalue weighted by molar-refractivity contribution is 5.70. The third kappa shape index (κ3) is 1.85. The molecule has 0 atom stereocenters. The maximum atomic E-state index is 10.6. The summed E-state index contributed by atoms with van der Waals surface area (Å²) in [5.74, 6) is 1.16. The molecule has 0 spiro atoms. The summed E-state index contributed by atoms with van der Waals surface area (Å²) < 4.78 is 1.73. The predicted molar refractivity (Wildman–Crippen MR) is 56.1 cm³/mol. The number of carbonyl (C=O) groups excluding carboxylic acids is 1. The highest BCUT2D eigenvalue weighted by Gasteiger charge is 2.19. The second-order valence-corrected chi connectivity index (χ2v) is 3.83. The first-order valence-corrected chi connectivity index (χ1v) is 5.00. The van der Waals surface area contributed by atoms with Crippen molar-refractivity contribution in [3.63, 3.8) is 0 Å². The zero-order valence-corrected chi connectivity index (χ0v) is 9.05. The molecule has 2 heterocycles. The van der Waals surface area contributed by atoms with Crippen molar-refractivity contribution >= 4 is 12.2 Å². The van der Waals surface area contributed by atoms with Crippen molar-refractivity contribution in [3.8, 4) is 0 Å². The van der Waals surface area contributed by atoms with Crippen molar-refractivity contribution in [1.29, 1.82) is 0 Å². The topological polar surface area (TPSA) is 54.3 Å². The van der Waals surface area contributed by atoms with Gasteiger partial charge >= 0.3 is 0 Å². The van der Waals surface area contributed by atoms with Crippen molar-refractivity contribution in [1.82, 2.24) is 19.7 Å². The molecule has 1 aromatic heterocycles. The molecular weight excluding hydrogens is 194 g/mol. The maximum absolute atomic E-state index is 10.6. The van der Waals surface area contributed by atoms with Gasteiger partial charge in [-0.2, -0.15) is 0 Å². The molecule has 0 saturated carbocycles. The Morgan fingerprint density at radius 3 is 2.33 bits per heavy atom. The van der Waals surface area contributed by atoms with E-state index < -0.39 is 0 Å². The SMILES string of the molecule is CN1CCN(c2nnc(C=O)n2C)CC1. The predicted octanol–water partition coefficient (Wildman–Crippen LogP) is -0.621. The summed E-state index contributed by atoms with van der Waals surface area (Å²) in [4.78, 5) is 15.0. The van der Waals surface area contributed by atoms with Gasteiger partial charge in [0.05, 0.1) is 0 Å². The summed E-state index contributed by atoms with van der Waals surface area (Å²) in [6.45, 7) is 3.90. The molecule has 15 heavy (non-hydrogen) atoms. The molecular formula is C9H15N5O. The second kappa shape index (κ2) is 3.98. The molecule has 0 amide bonds. The third-order valence-corrected chi connectivity index (χ3v) is 2.78. The molecule has 1 fully saturated rings. The zero-order valence-electron chi connectivity index (χ0n) is 9.05. The first-order chi connectivity index (χ1) is 7.22. The third-order valence-electron chi connectivity index (χ3n) is 2.78. The zero-order chi connectivity index (χ0) is 10.8. The Hall–Kier alpha value is -1.43. The molecule has 2 rings (SSSR count). The van der Waals surface area contributed by atoms with Crippen LogP contribution >= 0.6 is 0 Å². The molecule has 0 aliphatic carbocycles. The fraction of sp³-hybridized carbons (Fsp3) is 0.667. The number of aromatic nitrogens is 3. The highest BCUT2D eigenvalue weighted by atomic mass is 16.1. The van der Waals surface area contributed by atoms with Crippen LogP contribution in [-0.4, -0.2) is 59.2 Å². The molecule has 0 aromatic carbocycles. The summed E-state index contributed by atoms with van der Waals surface area (Å²) >= 11 is 0. The molecule has 0 N–H and O–H groups in total. The second-order valence-electron chi connectivity index (χ2n) is 3.83. The van der Waals surface area contributed by atoms with Crippen molar-refractivity contribution in [2.75, 3.05) is 38.1 Å². The van der Waals surface area contributed by atoms with Gasteiger partial charge in [0.25, 0.3) is 0 Å². The van der Waals surface area contributed by atoms with E-state index in [1.165, 1.54) is 0 Å². The van der Waals surface area contributed by atoms with Crippen LogP contribution in [0.15, 0.2) is 0 Å². The van der Waals surface area contributed by atoms with E-state index in [0.29, 0.717) is 5.82 Å². The minimum Gasteiger partial charge on any atom is -0.338 e. The molecule has 6 heteroatoms. The maximum Gasteiger partial charge on any atom is 0.227 e. The molecule has 1 saturated heterocycles. The quantitative estimate of drug-likeness (QED) is 0.608. The molecule has 0 radical (unpaired) electrons. The summed E-state index contributed by atoms with van der Waals surface area (Å²) in [7, 11) is 3.92. The van der Waals surface area contributed by atoms with Gasteiger partial charge in [-0.05, 0) is 7.05 Å². The fourth-order valence-corrected chi connectivity index (χ4v) is 1.72. The van der Waals surface area contributed by atoms with E-state index in [9.17, 15) is 4.79 Å².